The molecule has 0 bridgehead atoms. The zero-order valence-corrected chi connectivity index (χ0v) is 16.5. The number of esters is 1. The fraction of sp³-hybridized carbons (Fsp3) is 0.526. The maximum absolute atomic E-state index is 11.9. The molecule has 2 heterocycles. The number of aliphatic imine (C=N–C) groups is 1. The average molecular weight is 410 g/mol. The number of nitrogens with zero attached hydrogens (tertiary/aromatic N) is 2. The molecular weight excluding hydrogens is 386 g/mol. The van der Waals surface area contributed by atoms with Crippen LogP contribution >= 0.6 is 11.6 Å². The largest absolute Gasteiger partial charge is 0.492 e. The summed E-state index contributed by atoms with van der Waals surface area (Å²) in [6, 6.07) is 2.94. The molecule has 2 N–H and O–H groups in total. The van der Waals surface area contributed by atoms with Crippen molar-refractivity contribution >= 4 is 35.1 Å². The fourth-order valence-corrected chi connectivity index (χ4v) is 3.48. The number of aliphatic hydroxyl groups excluding tert-OH is 1. The van der Waals surface area contributed by atoms with E-state index in [1.165, 1.54) is 6.92 Å². The van der Waals surface area contributed by atoms with E-state index in [0.717, 1.165) is 31.2 Å². The average Bonchev–Trinajstić information content (AvgIpc) is 2.97. The number of aliphatic hydroxyl groups is 1. The van der Waals surface area contributed by atoms with Gasteiger partial charge in [0.05, 0.1) is 37.1 Å². The third kappa shape index (κ3) is 4.56. The van der Waals surface area contributed by atoms with Gasteiger partial charge in [-0.3, -0.25) is 14.9 Å². The molecule has 0 aromatic heterocycles. The summed E-state index contributed by atoms with van der Waals surface area (Å²) < 4.78 is 10.7. The summed E-state index contributed by atoms with van der Waals surface area (Å²) in [5, 5.41) is 12.6. The molecule has 1 unspecified atom stereocenters. The van der Waals surface area contributed by atoms with Gasteiger partial charge in [-0.25, -0.2) is 4.99 Å². The predicted molar refractivity (Wildman–Crippen MR) is 104 cm³/mol. The van der Waals surface area contributed by atoms with Crippen molar-refractivity contribution in [2.75, 3.05) is 19.8 Å². The number of carbonyl (C=O) groups excluding carboxylic acids is 2. The van der Waals surface area contributed by atoms with Crippen molar-refractivity contribution in [3.8, 4) is 5.75 Å². The molecule has 1 saturated heterocycles. The number of ether oxygens (including phenoxy) is 2. The molecule has 0 spiro atoms. The van der Waals surface area contributed by atoms with Crippen LogP contribution in [-0.4, -0.2) is 53.7 Å². The van der Waals surface area contributed by atoms with Crippen molar-refractivity contribution in [1.82, 2.24) is 10.2 Å². The number of fused-ring (bicyclic) bond motifs is 2. The number of benzene rings is 1. The van der Waals surface area contributed by atoms with Gasteiger partial charge >= 0.3 is 5.97 Å². The lowest BCUT2D eigenvalue weighted by molar-refractivity contribution is -0.141. The maximum Gasteiger partial charge on any atom is 0.302 e. The first-order valence-electron chi connectivity index (χ1n) is 9.36. The molecule has 1 atom stereocenters. The number of hydrogen-bond donors (Lipinski definition) is 2. The minimum Gasteiger partial charge on any atom is -0.492 e. The van der Waals surface area contributed by atoms with Crippen molar-refractivity contribution in [3.05, 3.63) is 22.7 Å². The lowest BCUT2D eigenvalue weighted by Gasteiger charge is -2.28. The third-order valence-electron chi connectivity index (χ3n) is 4.70. The smallest absolute Gasteiger partial charge is 0.302 e. The molecule has 3 rings (SSSR count). The number of hydrogen-bond acceptors (Lipinski definition) is 7. The number of rotatable bonds is 9. The van der Waals surface area contributed by atoms with E-state index in [1.54, 1.807) is 11.0 Å². The van der Waals surface area contributed by atoms with E-state index in [1.807, 2.05) is 6.07 Å². The van der Waals surface area contributed by atoms with Crippen LogP contribution < -0.4 is 10.1 Å². The molecule has 1 aromatic rings. The Bertz CT molecular complexity index is 783. The summed E-state index contributed by atoms with van der Waals surface area (Å²) in [7, 11) is 0. The highest BCUT2D eigenvalue weighted by atomic mass is 35.5. The molecule has 9 heteroatoms. The van der Waals surface area contributed by atoms with Gasteiger partial charge in [-0.15, -0.1) is 0 Å². The van der Waals surface area contributed by atoms with Crippen LogP contribution in [0.2, 0.25) is 5.02 Å². The molecule has 2 aliphatic heterocycles. The molecule has 0 radical (unpaired) electrons. The van der Waals surface area contributed by atoms with E-state index in [2.05, 4.69) is 10.3 Å². The normalized spacial score (nSPS) is 17.5. The van der Waals surface area contributed by atoms with Crippen molar-refractivity contribution in [2.24, 2.45) is 4.99 Å². The van der Waals surface area contributed by atoms with Crippen LogP contribution in [0.3, 0.4) is 0 Å². The summed E-state index contributed by atoms with van der Waals surface area (Å²) in [6.07, 6.45) is 3.64. The first-order valence-corrected chi connectivity index (χ1v) is 9.73. The first-order chi connectivity index (χ1) is 13.5. The number of amides is 1. The van der Waals surface area contributed by atoms with Gasteiger partial charge in [-0.1, -0.05) is 11.6 Å². The summed E-state index contributed by atoms with van der Waals surface area (Å²) in [5.74, 6) is 0.504. The molecule has 152 valence electrons. The number of carbonyl (C=O) groups is 2. The lowest BCUT2D eigenvalue weighted by Crippen LogP contribution is -2.39. The quantitative estimate of drug-likeness (QED) is 0.478. The summed E-state index contributed by atoms with van der Waals surface area (Å²) >= 11 is 6.52. The van der Waals surface area contributed by atoms with E-state index < -0.39 is 6.04 Å². The minimum atomic E-state index is -0.653. The van der Waals surface area contributed by atoms with Gasteiger partial charge in [0.15, 0.2) is 0 Å². The van der Waals surface area contributed by atoms with Gasteiger partial charge in [0.25, 0.3) is 5.91 Å². The van der Waals surface area contributed by atoms with Crippen molar-refractivity contribution < 1.29 is 24.2 Å². The van der Waals surface area contributed by atoms with Gasteiger partial charge in [0.1, 0.15) is 11.8 Å². The number of nitrogens with one attached hydrogen (secondary N) is 1. The summed E-state index contributed by atoms with van der Waals surface area (Å²) in [4.78, 5) is 28.7. The molecule has 0 aliphatic carbocycles. The van der Waals surface area contributed by atoms with Crippen LogP contribution in [0.4, 0.5) is 5.69 Å². The zero-order chi connectivity index (χ0) is 20.1. The molecule has 0 saturated carbocycles. The highest BCUT2D eigenvalue weighted by Crippen LogP contribution is 2.39. The Morgan fingerprint density at radius 1 is 1.32 bits per heavy atom. The van der Waals surface area contributed by atoms with Crippen LogP contribution in [-0.2, 0) is 20.9 Å². The van der Waals surface area contributed by atoms with E-state index in [9.17, 15) is 14.7 Å². The van der Waals surface area contributed by atoms with Crippen molar-refractivity contribution in [2.45, 2.75) is 45.2 Å². The first kappa shape index (κ1) is 20.4. The second kappa shape index (κ2) is 9.25. The second-order valence-corrected chi connectivity index (χ2v) is 7.11. The van der Waals surface area contributed by atoms with Crippen LogP contribution in [0, 0.1) is 0 Å². The van der Waals surface area contributed by atoms with Crippen LogP contribution in [0.15, 0.2) is 17.1 Å². The Balaban J connectivity index is 1.52. The van der Waals surface area contributed by atoms with Gasteiger partial charge < -0.3 is 19.5 Å². The molecule has 2 aliphatic rings. The molecule has 1 aromatic carbocycles. The number of guanidine groups is 1. The predicted octanol–water partition coefficient (Wildman–Crippen LogP) is 2.14. The number of unbranched alkanes of at least 4 members (excludes halogenated alkanes) is 3. The van der Waals surface area contributed by atoms with Crippen molar-refractivity contribution in [1.29, 1.82) is 0 Å². The van der Waals surface area contributed by atoms with E-state index in [4.69, 9.17) is 21.1 Å². The van der Waals surface area contributed by atoms with Crippen LogP contribution in [0.25, 0.3) is 0 Å². The summed E-state index contributed by atoms with van der Waals surface area (Å²) in [6.45, 7) is 2.49. The molecular formula is C19H24ClN3O5. The van der Waals surface area contributed by atoms with E-state index >= 15 is 0 Å². The lowest BCUT2D eigenvalue weighted by atomic mass is 10.1. The Kier molecular flexibility index (Phi) is 6.74. The van der Waals surface area contributed by atoms with Gasteiger partial charge in [-0.2, -0.15) is 0 Å². The molecule has 1 amide bonds. The third-order valence-corrected chi connectivity index (χ3v) is 5.11. The Morgan fingerprint density at radius 3 is 2.79 bits per heavy atom. The number of halogens is 1. The fourth-order valence-electron chi connectivity index (χ4n) is 3.21. The molecule has 8 nitrogen and oxygen atoms in total. The Hall–Kier alpha value is -2.32. The van der Waals surface area contributed by atoms with E-state index in [-0.39, 0.29) is 18.5 Å². The monoisotopic (exact) mass is 409 g/mol. The van der Waals surface area contributed by atoms with Crippen LogP contribution in [0.1, 0.15) is 38.2 Å². The van der Waals surface area contributed by atoms with Gasteiger partial charge in [0, 0.05) is 12.5 Å². The minimum absolute atomic E-state index is 0.249. The Morgan fingerprint density at radius 2 is 2.07 bits per heavy atom. The molecule has 28 heavy (non-hydrogen) atoms. The Labute approximate surface area is 168 Å². The maximum atomic E-state index is 11.9. The molecule has 1 fully saturated rings. The topological polar surface area (TPSA) is 100 Å². The highest BCUT2D eigenvalue weighted by molar-refractivity contribution is 6.33. The van der Waals surface area contributed by atoms with Crippen molar-refractivity contribution in [3.63, 3.8) is 0 Å². The SMILES string of the molecule is CC(=O)OCCCCCCOc1ccc2c(c1Cl)CN1C(=N2)NC(=O)C1CO. The zero-order valence-electron chi connectivity index (χ0n) is 15.7. The van der Waals surface area contributed by atoms with Gasteiger partial charge in [-0.05, 0) is 37.8 Å². The second-order valence-electron chi connectivity index (χ2n) is 6.73. The standard InChI is InChI=1S/C19H24ClN3O5/c1-12(25)27-8-4-2-3-5-9-28-16-7-6-14-13(17(16)20)10-23-15(11-24)18(26)22-19(23)21-14/h6-7,15,24H,2-5,8-11H2,1H3,(H,21,22,26). The highest BCUT2D eigenvalue weighted by Gasteiger charge is 2.39. The van der Waals surface area contributed by atoms with Gasteiger partial charge in [0.2, 0.25) is 5.96 Å². The van der Waals surface area contributed by atoms with Crippen LogP contribution in [0.5, 0.6) is 5.75 Å². The summed E-state index contributed by atoms with van der Waals surface area (Å²) in [5.41, 5.74) is 1.47. The van der Waals surface area contributed by atoms with E-state index in [0.29, 0.717) is 42.2 Å².